The monoisotopic (exact) mass is 388 g/mol. The number of hydrogen-bond donors (Lipinski definition) is 0. The third-order valence-corrected chi connectivity index (χ3v) is 5.36. The molecule has 0 spiro atoms. The van der Waals surface area contributed by atoms with E-state index in [0.717, 1.165) is 36.2 Å². The summed E-state index contributed by atoms with van der Waals surface area (Å²) in [6.45, 7) is 5.60. The van der Waals surface area contributed by atoms with Crippen molar-refractivity contribution in [2.75, 3.05) is 6.61 Å². The van der Waals surface area contributed by atoms with Gasteiger partial charge in [0.15, 0.2) is 0 Å². The van der Waals surface area contributed by atoms with Gasteiger partial charge in [-0.05, 0) is 68.1 Å². The second-order valence-electron chi connectivity index (χ2n) is 7.31. The summed E-state index contributed by atoms with van der Waals surface area (Å²) in [4.78, 5) is 4.70. The predicted octanol–water partition coefficient (Wildman–Crippen LogP) is 6.32. The lowest BCUT2D eigenvalue weighted by Crippen LogP contribution is -2.05. The number of nitrogens with zero attached hydrogens (tertiary/aromatic N) is 2. The van der Waals surface area contributed by atoms with Crippen molar-refractivity contribution in [1.29, 1.82) is 0 Å². The van der Waals surface area contributed by atoms with Crippen LogP contribution in [0, 0.1) is 19.7 Å². The van der Waals surface area contributed by atoms with Crippen LogP contribution in [-0.4, -0.2) is 16.2 Å². The molecule has 3 nitrogen and oxygen atoms in total. The van der Waals surface area contributed by atoms with E-state index in [1.807, 2.05) is 42.5 Å². The van der Waals surface area contributed by atoms with E-state index >= 15 is 0 Å². The van der Waals surface area contributed by atoms with Crippen molar-refractivity contribution in [3.63, 3.8) is 0 Å². The minimum Gasteiger partial charge on any atom is -0.493 e. The van der Waals surface area contributed by atoms with Gasteiger partial charge >= 0.3 is 0 Å². The molecule has 3 aromatic carbocycles. The van der Waals surface area contributed by atoms with Gasteiger partial charge in [0.1, 0.15) is 17.4 Å². The van der Waals surface area contributed by atoms with E-state index in [0.29, 0.717) is 18.0 Å². The molecule has 29 heavy (non-hydrogen) atoms. The van der Waals surface area contributed by atoms with Crippen LogP contribution in [0.4, 0.5) is 4.39 Å². The Bertz CT molecular complexity index is 1130. The Hall–Kier alpha value is -3.14. The second-order valence-corrected chi connectivity index (χ2v) is 7.31. The lowest BCUT2D eigenvalue weighted by atomic mass is 10.1. The molecule has 0 aliphatic heterocycles. The highest BCUT2D eigenvalue weighted by atomic mass is 19.1. The molecule has 0 saturated heterocycles. The molecule has 4 heteroatoms. The van der Waals surface area contributed by atoms with Gasteiger partial charge in [0.2, 0.25) is 0 Å². The summed E-state index contributed by atoms with van der Waals surface area (Å²) in [7, 11) is 0. The van der Waals surface area contributed by atoms with E-state index in [1.165, 1.54) is 17.2 Å². The molecular formula is C25H25FN2O. The minimum atomic E-state index is -0.248. The van der Waals surface area contributed by atoms with Crippen LogP contribution in [0.2, 0.25) is 0 Å². The molecule has 0 atom stereocenters. The number of unbranched alkanes of at least 4 members (excludes halogenated alkanes) is 1. The zero-order valence-electron chi connectivity index (χ0n) is 16.9. The fourth-order valence-corrected chi connectivity index (χ4v) is 3.58. The highest BCUT2D eigenvalue weighted by molar-refractivity contribution is 5.80. The van der Waals surface area contributed by atoms with E-state index < -0.39 is 0 Å². The number of para-hydroxylation sites is 2. The van der Waals surface area contributed by atoms with Crippen LogP contribution in [0.25, 0.3) is 22.4 Å². The first-order valence-electron chi connectivity index (χ1n) is 10.0. The van der Waals surface area contributed by atoms with Gasteiger partial charge in [-0.25, -0.2) is 9.37 Å². The number of imidazole rings is 1. The largest absolute Gasteiger partial charge is 0.493 e. The normalized spacial score (nSPS) is 11.1. The lowest BCUT2D eigenvalue weighted by molar-refractivity contribution is 0.301. The fraction of sp³-hybridized carbons (Fsp3) is 0.240. The Morgan fingerprint density at radius 1 is 0.897 bits per heavy atom. The number of halogens is 1. The number of hydrogen-bond acceptors (Lipinski definition) is 2. The average molecular weight is 388 g/mol. The van der Waals surface area contributed by atoms with Crippen LogP contribution < -0.4 is 4.74 Å². The van der Waals surface area contributed by atoms with Crippen LogP contribution in [0.3, 0.4) is 0 Å². The third kappa shape index (κ3) is 4.02. The van der Waals surface area contributed by atoms with Crippen molar-refractivity contribution in [2.45, 2.75) is 33.2 Å². The topological polar surface area (TPSA) is 27.1 Å². The van der Waals surface area contributed by atoms with Crippen molar-refractivity contribution in [2.24, 2.45) is 0 Å². The van der Waals surface area contributed by atoms with Crippen LogP contribution in [0.15, 0.2) is 66.7 Å². The molecule has 0 saturated carbocycles. The molecule has 1 aromatic heterocycles. The number of aryl methyl sites for hydroxylation is 2. The molecule has 1 heterocycles. The quantitative estimate of drug-likeness (QED) is 0.347. The Morgan fingerprint density at radius 3 is 2.55 bits per heavy atom. The Balaban J connectivity index is 1.48. The number of ether oxygens (including phenoxy) is 1. The summed E-state index contributed by atoms with van der Waals surface area (Å²) in [5.74, 6) is 1.38. The van der Waals surface area contributed by atoms with Gasteiger partial charge in [-0.2, -0.15) is 0 Å². The smallest absolute Gasteiger partial charge is 0.144 e. The molecule has 0 N–H and O–H groups in total. The minimum absolute atomic E-state index is 0.248. The molecule has 148 valence electrons. The van der Waals surface area contributed by atoms with Gasteiger partial charge in [0.05, 0.1) is 23.2 Å². The maximum atomic E-state index is 14.4. The van der Waals surface area contributed by atoms with Crippen LogP contribution >= 0.6 is 0 Å². The Morgan fingerprint density at radius 2 is 1.69 bits per heavy atom. The van der Waals surface area contributed by atoms with Crippen molar-refractivity contribution in [3.8, 4) is 17.1 Å². The molecule has 4 rings (SSSR count). The van der Waals surface area contributed by atoms with Crippen LogP contribution in [-0.2, 0) is 6.54 Å². The highest BCUT2D eigenvalue weighted by Crippen LogP contribution is 2.27. The zero-order chi connectivity index (χ0) is 20.2. The molecule has 0 unspecified atom stereocenters. The number of fused-ring (bicyclic) bond motifs is 1. The summed E-state index contributed by atoms with van der Waals surface area (Å²) in [6.07, 6.45) is 1.84. The van der Waals surface area contributed by atoms with E-state index in [-0.39, 0.29) is 5.82 Å². The molecule has 0 radical (unpaired) electrons. The first-order valence-corrected chi connectivity index (χ1v) is 10.0. The zero-order valence-corrected chi connectivity index (χ0v) is 16.9. The van der Waals surface area contributed by atoms with Gasteiger partial charge in [-0.3, -0.25) is 0 Å². The third-order valence-electron chi connectivity index (χ3n) is 5.36. The summed E-state index contributed by atoms with van der Waals surface area (Å²) in [5.41, 5.74) is 4.88. The Labute approximate surface area is 170 Å². The van der Waals surface area contributed by atoms with Crippen molar-refractivity contribution >= 4 is 11.0 Å². The molecule has 0 aliphatic rings. The van der Waals surface area contributed by atoms with Crippen LogP contribution in [0.1, 0.15) is 24.0 Å². The van der Waals surface area contributed by atoms with Crippen molar-refractivity contribution in [1.82, 2.24) is 9.55 Å². The molecule has 0 amide bonds. The molecule has 4 aromatic rings. The molecule has 0 fully saturated rings. The van der Waals surface area contributed by atoms with E-state index in [9.17, 15) is 4.39 Å². The first kappa shape index (κ1) is 19.2. The van der Waals surface area contributed by atoms with E-state index in [4.69, 9.17) is 9.72 Å². The lowest BCUT2D eigenvalue weighted by Gasteiger charge is -2.12. The second kappa shape index (κ2) is 8.48. The van der Waals surface area contributed by atoms with E-state index in [1.54, 1.807) is 12.1 Å². The summed E-state index contributed by atoms with van der Waals surface area (Å²) in [6, 6.07) is 20.9. The standard InChI is InChI=1S/C25H25FN2O/c1-18-10-9-15-24(19(18)2)29-17-8-7-16-28-23-14-6-5-13-22(23)27-25(28)20-11-3-4-12-21(20)26/h3-6,9-15H,7-8,16-17H2,1-2H3. The highest BCUT2D eigenvalue weighted by Gasteiger charge is 2.15. The average Bonchev–Trinajstić information content (AvgIpc) is 3.09. The summed E-state index contributed by atoms with van der Waals surface area (Å²) in [5, 5.41) is 0. The number of benzene rings is 3. The van der Waals surface area contributed by atoms with Gasteiger partial charge in [-0.1, -0.05) is 36.4 Å². The molecular weight excluding hydrogens is 363 g/mol. The van der Waals surface area contributed by atoms with Crippen molar-refractivity contribution in [3.05, 3.63) is 83.7 Å². The van der Waals surface area contributed by atoms with Crippen LogP contribution in [0.5, 0.6) is 5.75 Å². The fourth-order valence-electron chi connectivity index (χ4n) is 3.58. The first-order chi connectivity index (χ1) is 14.1. The number of aromatic nitrogens is 2. The van der Waals surface area contributed by atoms with Gasteiger partial charge in [0, 0.05) is 6.54 Å². The molecule has 0 bridgehead atoms. The summed E-state index contributed by atoms with van der Waals surface area (Å²) < 4.78 is 22.5. The maximum Gasteiger partial charge on any atom is 0.144 e. The van der Waals surface area contributed by atoms with Gasteiger partial charge < -0.3 is 9.30 Å². The molecule has 0 aliphatic carbocycles. The van der Waals surface area contributed by atoms with Crippen molar-refractivity contribution < 1.29 is 9.13 Å². The Kier molecular flexibility index (Phi) is 5.61. The predicted molar refractivity (Wildman–Crippen MR) is 116 cm³/mol. The summed E-state index contributed by atoms with van der Waals surface area (Å²) >= 11 is 0. The van der Waals surface area contributed by atoms with Gasteiger partial charge in [-0.15, -0.1) is 0 Å². The maximum absolute atomic E-state index is 14.4. The number of rotatable bonds is 7. The SMILES string of the molecule is Cc1cccc(OCCCCn2c(-c3ccccc3F)nc3ccccc32)c1C. The van der Waals surface area contributed by atoms with Gasteiger partial charge in [0.25, 0.3) is 0 Å². The van der Waals surface area contributed by atoms with E-state index in [2.05, 4.69) is 24.5 Å².